The molecule has 118 valence electrons. The summed E-state index contributed by atoms with van der Waals surface area (Å²) in [6, 6.07) is 3.10. The number of carbonyl (C=O) groups is 1. The largest absolute Gasteiger partial charge is 0.495 e. The lowest BCUT2D eigenvalue weighted by Gasteiger charge is -2.32. The summed E-state index contributed by atoms with van der Waals surface area (Å²) in [7, 11) is -0.687. The molecule has 2 rings (SSSR count). The molecule has 0 bridgehead atoms. The van der Waals surface area contributed by atoms with Crippen molar-refractivity contribution in [3.8, 4) is 0 Å². The monoisotopic (exact) mass is 306 g/mol. The second-order valence-corrected chi connectivity index (χ2v) is 6.34. The second-order valence-electron chi connectivity index (χ2n) is 6.34. The second kappa shape index (κ2) is 5.37. The van der Waals surface area contributed by atoms with Gasteiger partial charge < -0.3 is 14.6 Å². The van der Waals surface area contributed by atoms with Crippen molar-refractivity contribution in [2.45, 2.75) is 45.8 Å². The molecule has 0 atom stereocenters. The molecule has 7 nitrogen and oxygen atoms in total. The smallest absolute Gasteiger partial charge is 0.399 e. The van der Waals surface area contributed by atoms with E-state index in [1.54, 1.807) is 13.0 Å². The van der Waals surface area contributed by atoms with Gasteiger partial charge >= 0.3 is 7.12 Å². The quantitative estimate of drug-likeness (QED) is 0.396. The number of carbonyl (C=O) groups excluding carboxylic acids is 1. The van der Waals surface area contributed by atoms with E-state index in [0.29, 0.717) is 17.4 Å². The standard InChI is InChI=1S/C14H19BN2O5/c1-9-6-10(7-11(17(19)20)12(9)16-8-18)15-21-13(2,3)14(4,5)22-15/h6-8H,1-5H3,(H,16,18). The van der Waals surface area contributed by atoms with Crippen LogP contribution in [0.2, 0.25) is 0 Å². The Balaban J connectivity index is 2.46. The summed E-state index contributed by atoms with van der Waals surface area (Å²) in [6.45, 7) is 9.34. The van der Waals surface area contributed by atoms with Gasteiger partial charge in [0.2, 0.25) is 6.41 Å². The fourth-order valence-electron chi connectivity index (χ4n) is 2.30. The molecule has 1 N–H and O–H groups in total. The van der Waals surface area contributed by atoms with Gasteiger partial charge in [-0.15, -0.1) is 0 Å². The van der Waals surface area contributed by atoms with Gasteiger partial charge in [0, 0.05) is 6.07 Å². The van der Waals surface area contributed by atoms with E-state index in [4.69, 9.17) is 9.31 Å². The van der Waals surface area contributed by atoms with Crippen molar-refractivity contribution in [1.29, 1.82) is 0 Å². The first-order chi connectivity index (χ1) is 10.1. The Morgan fingerprint density at radius 2 is 1.77 bits per heavy atom. The molecule has 1 aliphatic heterocycles. The Kier molecular flexibility index (Phi) is 4.01. The van der Waals surface area contributed by atoms with Crippen LogP contribution in [-0.4, -0.2) is 29.7 Å². The molecule has 8 heteroatoms. The molecule has 0 saturated carbocycles. The number of rotatable bonds is 4. The molecule has 1 fully saturated rings. The highest BCUT2D eigenvalue weighted by molar-refractivity contribution is 6.62. The van der Waals surface area contributed by atoms with Gasteiger partial charge in [0.05, 0.1) is 16.1 Å². The fourth-order valence-corrected chi connectivity index (χ4v) is 2.30. The van der Waals surface area contributed by atoms with Gasteiger partial charge in [0.1, 0.15) is 5.69 Å². The van der Waals surface area contributed by atoms with E-state index in [9.17, 15) is 14.9 Å². The van der Waals surface area contributed by atoms with Crippen LogP contribution in [0.15, 0.2) is 12.1 Å². The van der Waals surface area contributed by atoms with Crippen molar-refractivity contribution in [3.63, 3.8) is 0 Å². The molecular formula is C14H19BN2O5. The molecule has 1 aromatic carbocycles. The van der Waals surface area contributed by atoms with Crippen molar-refractivity contribution in [2.75, 3.05) is 5.32 Å². The number of amides is 1. The lowest BCUT2D eigenvalue weighted by molar-refractivity contribution is -0.383. The van der Waals surface area contributed by atoms with Crippen LogP contribution in [0.4, 0.5) is 11.4 Å². The highest BCUT2D eigenvalue weighted by Crippen LogP contribution is 2.37. The number of nitrogens with one attached hydrogen (secondary N) is 1. The summed E-state index contributed by atoms with van der Waals surface area (Å²) in [5.41, 5.74) is 0.0718. The van der Waals surface area contributed by atoms with Gasteiger partial charge in [-0.25, -0.2) is 0 Å². The van der Waals surface area contributed by atoms with Crippen LogP contribution in [0.3, 0.4) is 0 Å². The molecule has 1 amide bonds. The predicted octanol–water partition coefficient (Wildman–Crippen LogP) is 1.77. The molecule has 0 aromatic heterocycles. The number of nitrogens with zero attached hydrogens (tertiary/aromatic N) is 1. The van der Waals surface area contributed by atoms with Gasteiger partial charge in [-0.05, 0) is 45.6 Å². The van der Waals surface area contributed by atoms with E-state index in [2.05, 4.69) is 5.32 Å². The third-order valence-electron chi connectivity index (χ3n) is 4.26. The summed E-state index contributed by atoms with van der Waals surface area (Å²) < 4.78 is 11.8. The van der Waals surface area contributed by atoms with E-state index in [1.165, 1.54) is 6.07 Å². The Morgan fingerprint density at radius 1 is 1.23 bits per heavy atom. The Morgan fingerprint density at radius 3 is 2.23 bits per heavy atom. The summed E-state index contributed by atoms with van der Waals surface area (Å²) >= 11 is 0. The minimum absolute atomic E-state index is 0.181. The lowest BCUT2D eigenvalue weighted by Crippen LogP contribution is -2.41. The highest BCUT2D eigenvalue weighted by atomic mass is 16.7. The van der Waals surface area contributed by atoms with Crippen molar-refractivity contribution in [3.05, 3.63) is 27.8 Å². The van der Waals surface area contributed by atoms with Crippen molar-refractivity contribution in [2.24, 2.45) is 0 Å². The highest BCUT2D eigenvalue weighted by Gasteiger charge is 2.52. The number of hydrogen-bond donors (Lipinski definition) is 1. The maximum atomic E-state index is 11.2. The van der Waals surface area contributed by atoms with Crippen molar-refractivity contribution < 1.29 is 19.0 Å². The van der Waals surface area contributed by atoms with Crippen molar-refractivity contribution >= 4 is 30.4 Å². The molecule has 1 aliphatic rings. The van der Waals surface area contributed by atoms with Gasteiger partial charge in [0.25, 0.3) is 5.69 Å². The zero-order chi connectivity index (χ0) is 16.7. The first-order valence-corrected chi connectivity index (χ1v) is 6.94. The van der Waals surface area contributed by atoms with E-state index in [1.807, 2.05) is 27.7 Å². The number of benzene rings is 1. The summed E-state index contributed by atoms with van der Waals surface area (Å²) in [5.74, 6) is 0. The molecule has 1 saturated heterocycles. The van der Waals surface area contributed by atoms with E-state index in [-0.39, 0.29) is 11.4 Å². The molecule has 1 aromatic rings. The average molecular weight is 306 g/mol. The molecule has 1 heterocycles. The van der Waals surface area contributed by atoms with Crippen LogP contribution in [0, 0.1) is 17.0 Å². The SMILES string of the molecule is Cc1cc(B2OC(C)(C)C(C)(C)O2)cc([N+](=O)[O-])c1NC=O. The first kappa shape index (κ1) is 16.4. The number of anilines is 1. The van der Waals surface area contributed by atoms with Crippen LogP contribution in [0.25, 0.3) is 0 Å². The van der Waals surface area contributed by atoms with Gasteiger partial charge in [0.15, 0.2) is 0 Å². The van der Waals surface area contributed by atoms with Gasteiger partial charge in [-0.1, -0.05) is 6.07 Å². The number of hydrogen-bond acceptors (Lipinski definition) is 5. The topological polar surface area (TPSA) is 90.7 Å². The zero-order valence-corrected chi connectivity index (χ0v) is 13.3. The van der Waals surface area contributed by atoms with Gasteiger partial charge in [-0.2, -0.15) is 0 Å². The summed E-state index contributed by atoms with van der Waals surface area (Å²) in [4.78, 5) is 21.3. The summed E-state index contributed by atoms with van der Waals surface area (Å²) in [5, 5.41) is 13.6. The maximum absolute atomic E-state index is 11.2. The van der Waals surface area contributed by atoms with Gasteiger partial charge in [-0.3, -0.25) is 14.9 Å². The van der Waals surface area contributed by atoms with E-state index < -0.39 is 23.2 Å². The third kappa shape index (κ3) is 2.71. The Labute approximate surface area is 129 Å². The van der Waals surface area contributed by atoms with Crippen LogP contribution in [-0.2, 0) is 14.1 Å². The molecule has 0 unspecified atom stereocenters. The van der Waals surface area contributed by atoms with Crippen LogP contribution >= 0.6 is 0 Å². The van der Waals surface area contributed by atoms with Crippen LogP contribution in [0.1, 0.15) is 33.3 Å². The Bertz CT molecular complexity index is 614. The zero-order valence-electron chi connectivity index (χ0n) is 13.3. The molecule has 0 spiro atoms. The number of nitro groups is 1. The molecule has 0 aliphatic carbocycles. The minimum Gasteiger partial charge on any atom is -0.399 e. The molecular weight excluding hydrogens is 287 g/mol. The predicted molar refractivity (Wildman–Crippen MR) is 83.2 cm³/mol. The van der Waals surface area contributed by atoms with Crippen molar-refractivity contribution in [1.82, 2.24) is 0 Å². The molecule has 0 radical (unpaired) electrons. The van der Waals surface area contributed by atoms with E-state index in [0.717, 1.165) is 0 Å². The van der Waals surface area contributed by atoms with E-state index >= 15 is 0 Å². The molecule has 22 heavy (non-hydrogen) atoms. The third-order valence-corrected chi connectivity index (χ3v) is 4.26. The average Bonchev–Trinajstić information content (AvgIpc) is 2.60. The number of aryl methyl sites for hydroxylation is 1. The van der Waals surface area contributed by atoms with Crippen LogP contribution < -0.4 is 10.8 Å². The van der Waals surface area contributed by atoms with Crippen LogP contribution in [0.5, 0.6) is 0 Å². The summed E-state index contributed by atoms with van der Waals surface area (Å²) in [6.07, 6.45) is 0.420. The maximum Gasteiger partial charge on any atom is 0.495 e. The minimum atomic E-state index is -0.687. The Hall–Kier alpha value is -1.93. The normalized spacial score (nSPS) is 19.0. The lowest BCUT2D eigenvalue weighted by atomic mass is 9.78. The fraction of sp³-hybridized carbons (Fsp3) is 0.500. The first-order valence-electron chi connectivity index (χ1n) is 6.94. The number of nitro benzene ring substituents is 1.